The number of benzene rings is 3. The number of para-hydroxylation sites is 1. The highest BCUT2D eigenvalue weighted by molar-refractivity contribution is 6.30. The van der Waals surface area contributed by atoms with E-state index in [1.54, 1.807) is 24.1 Å². The molecule has 0 aromatic heterocycles. The molecule has 1 atom stereocenters. The zero-order valence-electron chi connectivity index (χ0n) is 19.0. The molecule has 0 saturated carbocycles. The summed E-state index contributed by atoms with van der Waals surface area (Å²) < 4.78 is 5.40. The molecule has 0 aliphatic rings. The van der Waals surface area contributed by atoms with Crippen LogP contribution in [0.3, 0.4) is 0 Å². The molecule has 0 saturated heterocycles. The van der Waals surface area contributed by atoms with Gasteiger partial charge in [0.15, 0.2) is 0 Å². The van der Waals surface area contributed by atoms with E-state index in [1.165, 1.54) is 0 Å². The summed E-state index contributed by atoms with van der Waals surface area (Å²) >= 11 is 6.03. The van der Waals surface area contributed by atoms with Gasteiger partial charge in [0, 0.05) is 36.5 Å². The Balaban J connectivity index is 1.87. The third kappa shape index (κ3) is 6.83. The van der Waals surface area contributed by atoms with Crippen molar-refractivity contribution in [3.63, 3.8) is 0 Å². The number of halogens is 1. The summed E-state index contributed by atoms with van der Waals surface area (Å²) in [7, 11) is 1.60. The van der Waals surface area contributed by atoms with Crippen molar-refractivity contribution >= 4 is 23.4 Å². The van der Waals surface area contributed by atoms with E-state index in [4.69, 9.17) is 16.3 Å². The van der Waals surface area contributed by atoms with E-state index < -0.39 is 6.04 Å². The van der Waals surface area contributed by atoms with Crippen LogP contribution in [0.1, 0.15) is 30.0 Å². The summed E-state index contributed by atoms with van der Waals surface area (Å²) in [6.07, 6.45) is 0.719. The first kappa shape index (κ1) is 24.3. The van der Waals surface area contributed by atoms with Crippen LogP contribution in [0.15, 0.2) is 78.9 Å². The van der Waals surface area contributed by atoms with Gasteiger partial charge < -0.3 is 15.0 Å². The van der Waals surface area contributed by atoms with Crippen molar-refractivity contribution in [3.8, 4) is 5.75 Å². The standard InChI is InChI=1S/C27H29ClN2O3/c1-3-26(31)30(19-21-13-15-23(28)16-14-21)24(17-20-9-5-4-6-10-20)27(32)29-18-22-11-7-8-12-25(22)33-2/h4-16,24H,3,17-19H2,1-2H3,(H,29,32)/t24-/m1/s1. The summed E-state index contributed by atoms with van der Waals surface area (Å²) in [5.74, 6) is 0.416. The highest BCUT2D eigenvalue weighted by atomic mass is 35.5. The van der Waals surface area contributed by atoms with E-state index in [0.717, 1.165) is 16.7 Å². The monoisotopic (exact) mass is 464 g/mol. The highest BCUT2D eigenvalue weighted by Gasteiger charge is 2.29. The quantitative estimate of drug-likeness (QED) is 0.458. The van der Waals surface area contributed by atoms with Crippen LogP contribution in [0, 0.1) is 0 Å². The fourth-order valence-corrected chi connectivity index (χ4v) is 3.82. The van der Waals surface area contributed by atoms with Crippen LogP contribution in [-0.4, -0.2) is 29.9 Å². The Labute approximate surface area is 200 Å². The fourth-order valence-electron chi connectivity index (χ4n) is 3.69. The van der Waals surface area contributed by atoms with Gasteiger partial charge in [-0.25, -0.2) is 0 Å². The second kappa shape index (κ2) is 12.1. The number of nitrogens with one attached hydrogen (secondary N) is 1. The van der Waals surface area contributed by atoms with Crippen LogP contribution in [0.2, 0.25) is 5.02 Å². The Bertz CT molecular complexity index is 1050. The zero-order chi connectivity index (χ0) is 23.6. The minimum Gasteiger partial charge on any atom is -0.496 e. The zero-order valence-corrected chi connectivity index (χ0v) is 19.7. The maximum atomic E-state index is 13.5. The first-order chi connectivity index (χ1) is 16.0. The molecular weight excluding hydrogens is 436 g/mol. The normalized spacial score (nSPS) is 11.5. The molecule has 0 fully saturated rings. The summed E-state index contributed by atoms with van der Waals surface area (Å²) in [6.45, 7) is 2.44. The molecule has 0 aliphatic carbocycles. The second-order valence-electron chi connectivity index (χ2n) is 7.74. The van der Waals surface area contributed by atoms with Crippen molar-refractivity contribution in [2.45, 2.75) is 38.9 Å². The van der Waals surface area contributed by atoms with Crippen LogP contribution < -0.4 is 10.1 Å². The van der Waals surface area contributed by atoms with Crippen LogP contribution in [0.5, 0.6) is 5.75 Å². The fraction of sp³-hybridized carbons (Fsp3) is 0.259. The number of hydrogen-bond acceptors (Lipinski definition) is 3. The number of nitrogens with zero attached hydrogens (tertiary/aromatic N) is 1. The van der Waals surface area contributed by atoms with Crippen molar-refractivity contribution < 1.29 is 14.3 Å². The number of methoxy groups -OCH3 is 1. The number of ether oxygens (including phenoxy) is 1. The molecule has 0 spiro atoms. The van der Waals surface area contributed by atoms with Gasteiger partial charge in [0.1, 0.15) is 11.8 Å². The molecule has 172 valence electrons. The molecule has 3 aromatic rings. The molecule has 2 amide bonds. The first-order valence-corrected chi connectivity index (χ1v) is 11.4. The highest BCUT2D eigenvalue weighted by Crippen LogP contribution is 2.19. The molecule has 0 heterocycles. The molecule has 3 aromatic carbocycles. The largest absolute Gasteiger partial charge is 0.496 e. The van der Waals surface area contributed by atoms with E-state index in [0.29, 0.717) is 36.7 Å². The van der Waals surface area contributed by atoms with Gasteiger partial charge >= 0.3 is 0 Å². The van der Waals surface area contributed by atoms with Crippen LogP contribution in [0.4, 0.5) is 0 Å². The number of rotatable bonds is 10. The molecule has 0 radical (unpaired) electrons. The molecular formula is C27H29ClN2O3. The van der Waals surface area contributed by atoms with Gasteiger partial charge in [-0.2, -0.15) is 0 Å². The van der Waals surface area contributed by atoms with Crippen LogP contribution >= 0.6 is 11.6 Å². The lowest BCUT2D eigenvalue weighted by Crippen LogP contribution is -2.50. The van der Waals surface area contributed by atoms with Gasteiger partial charge in [-0.3, -0.25) is 9.59 Å². The predicted octanol–water partition coefficient (Wildman–Crippen LogP) is 5.01. The lowest BCUT2D eigenvalue weighted by Gasteiger charge is -2.31. The second-order valence-corrected chi connectivity index (χ2v) is 8.17. The van der Waals surface area contributed by atoms with Gasteiger partial charge in [-0.1, -0.05) is 79.2 Å². The number of amides is 2. The van der Waals surface area contributed by atoms with Crippen molar-refractivity contribution in [2.24, 2.45) is 0 Å². The van der Waals surface area contributed by atoms with E-state index in [1.807, 2.05) is 73.7 Å². The SMILES string of the molecule is CCC(=O)N(Cc1ccc(Cl)cc1)[C@H](Cc1ccccc1)C(=O)NCc1ccccc1OC. The summed E-state index contributed by atoms with van der Waals surface area (Å²) in [4.78, 5) is 28.1. The minimum atomic E-state index is -0.662. The number of carbonyl (C=O) groups excluding carboxylic acids is 2. The third-order valence-corrected chi connectivity index (χ3v) is 5.74. The smallest absolute Gasteiger partial charge is 0.243 e. The van der Waals surface area contributed by atoms with Gasteiger partial charge in [0.05, 0.1) is 7.11 Å². The van der Waals surface area contributed by atoms with Crippen molar-refractivity contribution in [2.75, 3.05) is 7.11 Å². The summed E-state index contributed by atoms with van der Waals surface area (Å²) in [5.41, 5.74) is 2.77. The Morgan fingerprint density at radius 1 is 0.939 bits per heavy atom. The lowest BCUT2D eigenvalue weighted by molar-refractivity contribution is -0.141. The maximum absolute atomic E-state index is 13.5. The summed E-state index contributed by atoms with van der Waals surface area (Å²) in [5, 5.41) is 3.64. The Hall–Kier alpha value is -3.31. The van der Waals surface area contributed by atoms with Gasteiger partial charge in [0.2, 0.25) is 11.8 Å². The Kier molecular flexibility index (Phi) is 8.90. The van der Waals surface area contributed by atoms with E-state index >= 15 is 0 Å². The van der Waals surface area contributed by atoms with Gasteiger partial charge in [-0.05, 0) is 29.3 Å². The van der Waals surface area contributed by atoms with Gasteiger partial charge in [-0.15, -0.1) is 0 Å². The molecule has 0 aliphatic heterocycles. The Morgan fingerprint density at radius 3 is 2.27 bits per heavy atom. The van der Waals surface area contributed by atoms with Gasteiger partial charge in [0.25, 0.3) is 0 Å². The number of carbonyl (C=O) groups is 2. The molecule has 0 unspecified atom stereocenters. The molecule has 6 heteroatoms. The van der Waals surface area contributed by atoms with Crippen molar-refractivity contribution in [3.05, 3.63) is 101 Å². The molecule has 1 N–H and O–H groups in total. The summed E-state index contributed by atoms with van der Waals surface area (Å²) in [6, 6.07) is 24.0. The maximum Gasteiger partial charge on any atom is 0.243 e. The third-order valence-electron chi connectivity index (χ3n) is 5.49. The topological polar surface area (TPSA) is 58.6 Å². The van der Waals surface area contributed by atoms with Crippen LogP contribution in [0.25, 0.3) is 0 Å². The van der Waals surface area contributed by atoms with Crippen LogP contribution in [-0.2, 0) is 29.1 Å². The van der Waals surface area contributed by atoms with Crippen molar-refractivity contribution in [1.82, 2.24) is 10.2 Å². The lowest BCUT2D eigenvalue weighted by atomic mass is 10.0. The average molecular weight is 465 g/mol. The molecule has 33 heavy (non-hydrogen) atoms. The first-order valence-electron chi connectivity index (χ1n) is 11.0. The predicted molar refractivity (Wildman–Crippen MR) is 131 cm³/mol. The van der Waals surface area contributed by atoms with E-state index in [9.17, 15) is 9.59 Å². The number of hydrogen-bond donors (Lipinski definition) is 1. The molecule has 0 bridgehead atoms. The Morgan fingerprint density at radius 2 is 1.61 bits per heavy atom. The molecule has 5 nitrogen and oxygen atoms in total. The van der Waals surface area contributed by atoms with E-state index in [-0.39, 0.29) is 11.8 Å². The average Bonchev–Trinajstić information content (AvgIpc) is 2.86. The minimum absolute atomic E-state index is 0.0849. The molecule has 3 rings (SSSR count). The van der Waals surface area contributed by atoms with Crippen molar-refractivity contribution in [1.29, 1.82) is 0 Å². The van der Waals surface area contributed by atoms with E-state index in [2.05, 4.69) is 5.32 Å².